The molecule has 2 aromatic carbocycles. The molecule has 0 fully saturated rings. The molecule has 2 amide bonds. The van der Waals surface area contributed by atoms with Gasteiger partial charge in [-0.25, -0.2) is 4.98 Å². The molecule has 0 unspecified atom stereocenters. The quantitative estimate of drug-likeness (QED) is 0.292. The number of rotatable bonds is 6. The number of carbonyl (C=O) groups excluding carboxylic acids is 2. The highest BCUT2D eigenvalue weighted by atomic mass is 35.5. The minimum Gasteiger partial charge on any atom is -0.383 e. The van der Waals surface area contributed by atoms with E-state index in [4.69, 9.17) is 17.3 Å². The molecule has 8 nitrogen and oxygen atoms in total. The van der Waals surface area contributed by atoms with Crippen LogP contribution in [-0.2, 0) is 11.3 Å². The third-order valence-corrected chi connectivity index (χ3v) is 6.94. The van der Waals surface area contributed by atoms with E-state index in [1.54, 1.807) is 59.7 Å². The van der Waals surface area contributed by atoms with Gasteiger partial charge >= 0.3 is 0 Å². The van der Waals surface area contributed by atoms with Crippen molar-refractivity contribution in [1.29, 1.82) is 0 Å². The largest absolute Gasteiger partial charge is 0.383 e. The minimum atomic E-state index is -0.235. The van der Waals surface area contributed by atoms with Gasteiger partial charge in [0.25, 0.3) is 5.91 Å². The smallest absolute Gasteiger partial charge is 0.255 e. The second-order valence-corrected chi connectivity index (χ2v) is 9.37. The maximum absolute atomic E-state index is 12.5. The fraction of sp³-hybridized carbons (Fsp3) is 0.0769. The molecule has 0 saturated carbocycles. The highest BCUT2D eigenvalue weighted by Crippen LogP contribution is 2.41. The van der Waals surface area contributed by atoms with E-state index in [1.165, 1.54) is 0 Å². The van der Waals surface area contributed by atoms with E-state index in [-0.39, 0.29) is 18.4 Å². The molecule has 0 atom stereocenters. The number of thiophene rings is 1. The number of nitrogens with zero attached hydrogens (tertiary/aromatic N) is 3. The Morgan fingerprint density at radius 3 is 2.64 bits per heavy atom. The lowest BCUT2D eigenvalue weighted by molar-refractivity contribution is -0.121. The summed E-state index contributed by atoms with van der Waals surface area (Å²) in [5.41, 5.74) is 11.1. The standard InChI is InChI=1S/C26H21ClN6O2S/c1-29-22(34)13-33-12-17(10-31-33)20-11-30-25(28)23-21(14-36-24(20)23)15-5-7-19(8-6-15)32-26(35)16-3-2-4-18(27)9-16/h2-12,14H,13H2,1H3,(H2,28,30)(H,29,34)(H,32,35). The summed E-state index contributed by atoms with van der Waals surface area (Å²) in [7, 11) is 1.59. The molecule has 4 N–H and O–H groups in total. The molecule has 0 aliphatic heterocycles. The number of nitrogens with one attached hydrogen (secondary N) is 2. The number of nitrogen functional groups attached to an aromatic ring is 1. The predicted octanol–water partition coefficient (Wildman–Crippen LogP) is 5.06. The third-order valence-electron chi connectivity index (χ3n) is 5.69. The molecule has 3 aromatic heterocycles. The monoisotopic (exact) mass is 516 g/mol. The number of hydrogen-bond donors (Lipinski definition) is 3. The van der Waals surface area contributed by atoms with Gasteiger partial charge in [-0.1, -0.05) is 29.8 Å². The zero-order valence-electron chi connectivity index (χ0n) is 19.2. The molecule has 0 aliphatic carbocycles. The Labute approximate surface area is 215 Å². The van der Waals surface area contributed by atoms with Crippen molar-refractivity contribution in [2.75, 3.05) is 18.1 Å². The maximum atomic E-state index is 12.5. The van der Waals surface area contributed by atoms with Crippen LogP contribution in [-0.4, -0.2) is 33.6 Å². The van der Waals surface area contributed by atoms with Crippen LogP contribution < -0.4 is 16.4 Å². The number of halogens is 1. The Morgan fingerprint density at radius 2 is 1.89 bits per heavy atom. The number of hydrogen-bond acceptors (Lipinski definition) is 6. The fourth-order valence-electron chi connectivity index (χ4n) is 3.87. The van der Waals surface area contributed by atoms with Gasteiger partial charge in [-0.15, -0.1) is 11.3 Å². The average molecular weight is 517 g/mol. The summed E-state index contributed by atoms with van der Waals surface area (Å²) in [4.78, 5) is 28.6. The van der Waals surface area contributed by atoms with Crippen LogP contribution in [0.15, 0.2) is 72.5 Å². The van der Waals surface area contributed by atoms with E-state index in [0.717, 1.165) is 32.3 Å². The van der Waals surface area contributed by atoms with Gasteiger partial charge in [-0.3, -0.25) is 14.3 Å². The molecule has 0 aliphatic rings. The molecule has 180 valence electrons. The average Bonchev–Trinajstić information content (AvgIpc) is 3.53. The number of nitrogens with two attached hydrogens (primary N) is 1. The zero-order valence-corrected chi connectivity index (χ0v) is 20.7. The van der Waals surface area contributed by atoms with Gasteiger partial charge in [0.15, 0.2) is 0 Å². The van der Waals surface area contributed by atoms with Crippen molar-refractivity contribution in [2.45, 2.75) is 6.54 Å². The van der Waals surface area contributed by atoms with Crippen LogP contribution in [0.25, 0.3) is 32.3 Å². The van der Waals surface area contributed by atoms with Crippen LogP contribution in [0.3, 0.4) is 0 Å². The fourth-order valence-corrected chi connectivity index (χ4v) is 5.18. The van der Waals surface area contributed by atoms with Crippen molar-refractivity contribution in [1.82, 2.24) is 20.1 Å². The van der Waals surface area contributed by atoms with Gasteiger partial charge in [0.1, 0.15) is 12.4 Å². The predicted molar refractivity (Wildman–Crippen MR) is 144 cm³/mol. The van der Waals surface area contributed by atoms with Crippen molar-refractivity contribution >= 4 is 56.3 Å². The van der Waals surface area contributed by atoms with Crippen LogP contribution in [0, 0.1) is 0 Å². The molecular formula is C26H21ClN6O2S. The first-order chi connectivity index (χ1) is 17.4. The number of likely N-dealkylation sites (N-methyl/N-ethyl adjacent to an activating group) is 1. The Kier molecular flexibility index (Phi) is 6.41. The Bertz CT molecular complexity index is 1590. The van der Waals surface area contributed by atoms with Crippen LogP contribution in [0.1, 0.15) is 10.4 Å². The summed E-state index contributed by atoms with van der Waals surface area (Å²) >= 11 is 7.56. The van der Waals surface area contributed by atoms with Gasteiger partial charge in [-0.05, 0) is 41.3 Å². The highest BCUT2D eigenvalue weighted by Gasteiger charge is 2.17. The normalized spacial score (nSPS) is 10.9. The van der Waals surface area contributed by atoms with E-state index in [0.29, 0.717) is 22.1 Å². The van der Waals surface area contributed by atoms with Gasteiger partial charge in [0, 0.05) is 62.5 Å². The lowest BCUT2D eigenvalue weighted by atomic mass is 10.0. The van der Waals surface area contributed by atoms with Crippen LogP contribution >= 0.6 is 22.9 Å². The number of anilines is 2. The Morgan fingerprint density at radius 1 is 1.08 bits per heavy atom. The molecule has 0 bridgehead atoms. The Hall–Kier alpha value is -4.21. The van der Waals surface area contributed by atoms with Gasteiger partial charge in [0.2, 0.25) is 5.91 Å². The molecule has 36 heavy (non-hydrogen) atoms. The van der Waals surface area contributed by atoms with Crippen molar-refractivity contribution in [3.8, 4) is 22.3 Å². The molecule has 5 rings (SSSR count). The third kappa shape index (κ3) is 4.66. The van der Waals surface area contributed by atoms with Crippen molar-refractivity contribution in [2.24, 2.45) is 0 Å². The lowest BCUT2D eigenvalue weighted by Gasteiger charge is -2.08. The molecule has 0 saturated heterocycles. The van der Waals surface area contributed by atoms with Crippen molar-refractivity contribution in [3.63, 3.8) is 0 Å². The second-order valence-electron chi connectivity index (χ2n) is 8.05. The van der Waals surface area contributed by atoms with E-state index in [9.17, 15) is 9.59 Å². The summed E-state index contributed by atoms with van der Waals surface area (Å²) in [5.74, 6) is 0.0678. The number of pyridine rings is 1. The van der Waals surface area contributed by atoms with E-state index in [2.05, 4.69) is 20.7 Å². The number of fused-ring (bicyclic) bond motifs is 1. The van der Waals surface area contributed by atoms with Gasteiger partial charge in [-0.2, -0.15) is 5.10 Å². The van der Waals surface area contributed by atoms with E-state index in [1.807, 2.05) is 35.8 Å². The topological polar surface area (TPSA) is 115 Å². The SMILES string of the molecule is CNC(=O)Cn1cc(-c2cnc(N)c3c(-c4ccc(NC(=O)c5cccc(Cl)c5)cc4)csc23)cn1. The lowest BCUT2D eigenvalue weighted by Crippen LogP contribution is -2.23. The molecule has 3 heterocycles. The molecule has 5 aromatic rings. The highest BCUT2D eigenvalue weighted by molar-refractivity contribution is 7.18. The Balaban J connectivity index is 1.43. The number of aromatic nitrogens is 3. The molecule has 0 radical (unpaired) electrons. The van der Waals surface area contributed by atoms with Crippen LogP contribution in [0.4, 0.5) is 11.5 Å². The second kappa shape index (κ2) is 9.80. The zero-order chi connectivity index (χ0) is 25.2. The minimum absolute atomic E-state index is 0.129. The number of carbonyl (C=O) groups is 2. The van der Waals surface area contributed by atoms with Crippen molar-refractivity contribution < 1.29 is 9.59 Å². The number of benzene rings is 2. The maximum Gasteiger partial charge on any atom is 0.255 e. The van der Waals surface area contributed by atoms with Gasteiger partial charge < -0.3 is 16.4 Å². The van der Waals surface area contributed by atoms with E-state index < -0.39 is 0 Å². The molecule has 0 spiro atoms. The van der Waals surface area contributed by atoms with Crippen molar-refractivity contribution in [3.05, 3.63) is 83.1 Å². The first-order valence-electron chi connectivity index (χ1n) is 11.0. The first kappa shape index (κ1) is 23.5. The summed E-state index contributed by atoms with van der Waals surface area (Å²) in [5, 5.41) is 13.2. The van der Waals surface area contributed by atoms with Crippen LogP contribution in [0.5, 0.6) is 0 Å². The first-order valence-corrected chi connectivity index (χ1v) is 12.2. The summed E-state index contributed by atoms with van der Waals surface area (Å²) in [6.07, 6.45) is 5.26. The van der Waals surface area contributed by atoms with Crippen LogP contribution in [0.2, 0.25) is 5.02 Å². The number of amides is 2. The summed E-state index contributed by atoms with van der Waals surface area (Å²) in [6, 6.07) is 14.4. The summed E-state index contributed by atoms with van der Waals surface area (Å²) in [6.45, 7) is 0.137. The van der Waals surface area contributed by atoms with Gasteiger partial charge in [0.05, 0.1) is 6.20 Å². The molecule has 10 heteroatoms. The van der Waals surface area contributed by atoms with E-state index >= 15 is 0 Å². The summed E-state index contributed by atoms with van der Waals surface area (Å²) < 4.78 is 2.57. The molecular weight excluding hydrogens is 496 g/mol.